The number of halogens is 1. The average Bonchev–Trinajstić information content (AvgIpc) is 3.23. The van der Waals surface area contributed by atoms with Gasteiger partial charge in [-0.25, -0.2) is 9.37 Å². The Morgan fingerprint density at radius 1 is 1.24 bits per heavy atom. The van der Waals surface area contributed by atoms with E-state index in [-0.39, 0.29) is 36.0 Å². The first kappa shape index (κ1) is 19.4. The minimum Gasteiger partial charge on any atom is -0.300 e. The Labute approximate surface area is 171 Å². The van der Waals surface area contributed by atoms with Crippen LogP contribution in [0.25, 0.3) is 0 Å². The average molecular weight is 413 g/mol. The van der Waals surface area contributed by atoms with Gasteiger partial charge in [0.15, 0.2) is 5.13 Å². The van der Waals surface area contributed by atoms with Gasteiger partial charge in [0.1, 0.15) is 12.4 Å². The molecule has 1 aliphatic heterocycles. The summed E-state index contributed by atoms with van der Waals surface area (Å²) in [4.78, 5) is 43.3. The van der Waals surface area contributed by atoms with Crippen LogP contribution < -0.4 is 5.32 Å². The van der Waals surface area contributed by atoms with Gasteiger partial charge in [-0.3, -0.25) is 19.3 Å². The largest absolute Gasteiger partial charge is 0.300 e. The van der Waals surface area contributed by atoms with Gasteiger partial charge in [0.05, 0.1) is 11.8 Å². The number of nitrogens with one attached hydrogen (secondary N) is 1. The number of fused-ring (bicyclic) bond motifs is 1. The molecule has 2 aliphatic rings. The molecule has 1 saturated heterocycles. The summed E-state index contributed by atoms with van der Waals surface area (Å²) < 4.78 is 13.7. The number of hydrogen-bond donors (Lipinski definition) is 1. The van der Waals surface area contributed by atoms with E-state index in [1.54, 1.807) is 19.2 Å². The van der Waals surface area contributed by atoms with Gasteiger partial charge in [0, 0.05) is 17.5 Å². The molecule has 1 aromatic heterocycles. The van der Waals surface area contributed by atoms with E-state index in [4.69, 9.17) is 0 Å². The molecule has 150 valence electrons. The summed E-state index contributed by atoms with van der Waals surface area (Å²) in [6.45, 7) is 1.41. The monoisotopic (exact) mass is 413 g/mol. The topological polar surface area (TPSA) is 79.4 Å². The van der Waals surface area contributed by atoms with Crippen molar-refractivity contribution in [2.45, 2.75) is 26.2 Å². The highest BCUT2D eigenvalue weighted by Crippen LogP contribution is 2.35. The third-order valence-corrected chi connectivity index (χ3v) is 6.23. The number of thiazole rings is 1. The van der Waals surface area contributed by atoms with E-state index >= 15 is 0 Å². The molecule has 4 rings (SSSR count). The van der Waals surface area contributed by atoms with Crippen molar-refractivity contribution in [1.29, 1.82) is 0 Å². The van der Waals surface area contributed by atoms with Crippen LogP contribution >= 0.6 is 11.3 Å². The van der Waals surface area contributed by atoms with Gasteiger partial charge in [-0.05, 0) is 37.0 Å². The number of aryl methyl sites for hydroxylation is 1. The zero-order chi connectivity index (χ0) is 20.5. The summed E-state index contributed by atoms with van der Waals surface area (Å²) >= 11 is 1.28. The standard InChI is InChI=1S/C21H20FN3O3S/c1-12-6-7-13(9-17(12)22)8-14-10-23-21(29-14)24-18(26)11-25-19(27)15-4-2-3-5-16(15)20(25)28/h2-3,6-7,9-10,15-16H,4-5,8,11H2,1H3,(H,23,24,26)/t15-,16+. The number of imide groups is 1. The quantitative estimate of drug-likeness (QED) is 0.604. The van der Waals surface area contributed by atoms with Crippen molar-refractivity contribution < 1.29 is 18.8 Å². The summed E-state index contributed by atoms with van der Waals surface area (Å²) in [7, 11) is 0. The lowest BCUT2D eigenvalue weighted by Gasteiger charge is -2.14. The van der Waals surface area contributed by atoms with Crippen LogP contribution in [-0.4, -0.2) is 34.2 Å². The SMILES string of the molecule is Cc1ccc(Cc2cnc(NC(=O)CN3C(=O)[C@H]4CC=CC[C@H]4C3=O)s2)cc1F. The van der Waals surface area contributed by atoms with Crippen molar-refractivity contribution >= 4 is 34.2 Å². The second kappa shape index (κ2) is 7.87. The fraction of sp³-hybridized carbons (Fsp3) is 0.333. The molecule has 0 radical (unpaired) electrons. The van der Waals surface area contributed by atoms with Crippen LogP contribution in [0, 0.1) is 24.6 Å². The molecule has 2 aromatic rings. The molecular formula is C21H20FN3O3S. The number of carbonyl (C=O) groups excluding carboxylic acids is 3. The number of benzene rings is 1. The molecule has 29 heavy (non-hydrogen) atoms. The van der Waals surface area contributed by atoms with Crippen molar-refractivity contribution in [3.8, 4) is 0 Å². The summed E-state index contributed by atoms with van der Waals surface area (Å²) in [5, 5.41) is 3.04. The lowest BCUT2D eigenvalue weighted by atomic mass is 9.85. The van der Waals surface area contributed by atoms with E-state index < -0.39 is 5.91 Å². The fourth-order valence-electron chi connectivity index (χ4n) is 3.72. The number of anilines is 1. The predicted molar refractivity (Wildman–Crippen MR) is 107 cm³/mol. The van der Waals surface area contributed by atoms with Crippen LogP contribution in [-0.2, 0) is 20.8 Å². The molecule has 2 atom stereocenters. The minimum atomic E-state index is -0.458. The highest BCUT2D eigenvalue weighted by molar-refractivity contribution is 7.15. The minimum absolute atomic E-state index is 0.253. The summed E-state index contributed by atoms with van der Waals surface area (Å²) in [5.74, 6) is -1.96. The Morgan fingerprint density at radius 2 is 1.93 bits per heavy atom. The number of allylic oxidation sites excluding steroid dienone is 2. The molecule has 8 heteroatoms. The molecular weight excluding hydrogens is 393 g/mol. The summed E-state index contributed by atoms with van der Waals surface area (Å²) in [6, 6.07) is 5.08. The molecule has 0 unspecified atom stereocenters. The van der Waals surface area contributed by atoms with E-state index in [9.17, 15) is 18.8 Å². The maximum atomic E-state index is 13.7. The Kier molecular flexibility index (Phi) is 5.27. The van der Waals surface area contributed by atoms with E-state index in [1.165, 1.54) is 17.4 Å². The maximum absolute atomic E-state index is 13.7. The van der Waals surface area contributed by atoms with Crippen molar-refractivity contribution in [3.05, 3.63) is 58.4 Å². The first-order valence-electron chi connectivity index (χ1n) is 9.42. The number of carbonyl (C=O) groups is 3. The number of likely N-dealkylation sites (tertiary alicyclic amines) is 1. The molecule has 1 fully saturated rings. The second-order valence-electron chi connectivity index (χ2n) is 7.36. The molecule has 6 nitrogen and oxygen atoms in total. The molecule has 2 heterocycles. The van der Waals surface area contributed by atoms with Crippen molar-refractivity contribution in [2.24, 2.45) is 11.8 Å². The van der Waals surface area contributed by atoms with Gasteiger partial charge < -0.3 is 5.32 Å². The zero-order valence-corrected chi connectivity index (χ0v) is 16.7. The molecule has 1 aliphatic carbocycles. The number of aromatic nitrogens is 1. The molecule has 3 amide bonds. The summed E-state index contributed by atoms with van der Waals surface area (Å²) in [6.07, 6.45) is 7.04. The van der Waals surface area contributed by atoms with Gasteiger partial charge in [0.25, 0.3) is 0 Å². The van der Waals surface area contributed by atoms with E-state index in [0.29, 0.717) is 30.0 Å². The third kappa shape index (κ3) is 3.98. The number of hydrogen-bond acceptors (Lipinski definition) is 5. The van der Waals surface area contributed by atoms with Crippen LogP contribution in [0.1, 0.15) is 28.8 Å². The maximum Gasteiger partial charge on any atom is 0.246 e. The number of nitrogens with zero attached hydrogens (tertiary/aromatic N) is 2. The van der Waals surface area contributed by atoms with E-state index in [0.717, 1.165) is 15.3 Å². The second-order valence-corrected chi connectivity index (χ2v) is 8.47. The highest BCUT2D eigenvalue weighted by atomic mass is 32.1. The first-order valence-corrected chi connectivity index (χ1v) is 10.2. The smallest absolute Gasteiger partial charge is 0.246 e. The predicted octanol–water partition coefficient (Wildman–Crippen LogP) is 3.07. The van der Waals surface area contributed by atoms with Crippen LogP contribution in [0.15, 0.2) is 36.5 Å². The first-order chi connectivity index (χ1) is 13.9. The Balaban J connectivity index is 1.36. The van der Waals surface area contributed by atoms with Crippen LogP contribution in [0.4, 0.5) is 9.52 Å². The van der Waals surface area contributed by atoms with Gasteiger partial charge in [-0.15, -0.1) is 11.3 Å². The van der Waals surface area contributed by atoms with Gasteiger partial charge in [-0.2, -0.15) is 0 Å². The van der Waals surface area contributed by atoms with E-state index in [1.807, 2.05) is 18.2 Å². The number of rotatable bonds is 5. The zero-order valence-electron chi connectivity index (χ0n) is 15.9. The van der Waals surface area contributed by atoms with Gasteiger partial charge in [0.2, 0.25) is 17.7 Å². The lowest BCUT2D eigenvalue weighted by molar-refractivity contribution is -0.142. The molecule has 0 saturated carbocycles. The van der Waals surface area contributed by atoms with E-state index in [2.05, 4.69) is 10.3 Å². The molecule has 0 spiro atoms. The molecule has 1 aromatic carbocycles. The number of amides is 3. The highest BCUT2D eigenvalue weighted by Gasteiger charge is 2.47. The Hall–Kier alpha value is -2.87. The van der Waals surface area contributed by atoms with Crippen molar-refractivity contribution in [2.75, 3.05) is 11.9 Å². The Morgan fingerprint density at radius 3 is 2.59 bits per heavy atom. The van der Waals surface area contributed by atoms with Gasteiger partial charge >= 0.3 is 0 Å². The molecule has 0 bridgehead atoms. The van der Waals surface area contributed by atoms with Crippen molar-refractivity contribution in [3.63, 3.8) is 0 Å². The Bertz CT molecular complexity index is 990. The summed E-state index contributed by atoms with van der Waals surface area (Å²) in [5.41, 5.74) is 1.41. The van der Waals surface area contributed by atoms with Crippen LogP contribution in [0.2, 0.25) is 0 Å². The van der Waals surface area contributed by atoms with Gasteiger partial charge in [-0.1, -0.05) is 24.3 Å². The normalized spacial score (nSPS) is 20.8. The van der Waals surface area contributed by atoms with Crippen LogP contribution in [0.3, 0.4) is 0 Å². The molecule has 1 N–H and O–H groups in total. The fourth-order valence-corrected chi connectivity index (χ4v) is 4.58. The van der Waals surface area contributed by atoms with Crippen LogP contribution in [0.5, 0.6) is 0 Å². The lowest BCUT2D eigenvalue weighted by Crippen LogP contribution is -2.38. The third-order valence-electron chi connectivity index (χ3n) is 5.32. The van der Waals surface area contributed by atoms with Crippen molar-refractivity contribution in [1.82, 2.24) is 9.88 Å².